The van der Waals surface area contributed by atoms with E-state index >= 15 is 0 Å². The number of likely N-dealkylation sites (tertiary alicyclic amines) is 1. The monoisotopic (exact) mass is 390 g/mol. The van der Waals surface area contributed by atoms with Crippen LogP contribution in [0.2, 0.25) is 0 Å². The smallest absolute Gasteiger partial charge is 0.156 e. The van der Waals surface area contributed by atoms with Gasteiger partial charge in [-0.2, -0.15) is 10.2 Å². The van der Waals surface area contributed by atoms with Gasteiger partial charge in [-0.15, -0.1) is 0 Å². The fourth-order valence-electron chi connectivity index (χ4n) is 4.13. The zero-order chi connectivity index (χ0) is 19.8. The van der Waals surface area contributed by atoms with Crippen LogP contribution in [0.15, 0.2) is 55.0 Å². The number of aryl methyl sites for hydroxylation is 1. The molecule has 0 spiro atoms. The largest absolute Gasteiger partial charge is 0.298 e. The van der Waals surface area contributed by atoms with Crippen molar-refractivity contribution >= 4 is 5.65 Å². The van der Waals surface area contributed by atoms with Gasteiger partial charge in [0.25, 0.3) is 0 Å². The van der Waals surface area contributed by atoms with Crippen LogP contribution in [0, 0.1) is 5.82 Å². The average molecular weight is 390 g/mol. The van der Waals surface area contributed by atoms with Crippen LogP contribution >= 0.6 is 0 Å². The molecule has 148 valence electrons. The molecule has 1 aliphatic heterocycles. The third-order valence-electron chi connectivity index (χ3n) is 5.54. The first-order valence-electron chi connectivity index (χ1n) is 9.96. The van der Waals surface area contributed by atoms with Crippen LogP contribution in [0.25, 0.3) is 16.8 Å². The van der Waals surface area contributed by atoms with E-state index in [0.717, 1.165) is 55.1 Å². The van der Waals surface area contributed by atoms with Gasteiger partial charge in [0.05, 0.1) is 6.20 Å². The molecule has 29 heavy (non-hydrogen) atoms. The van der Waals surface area contributed by atoms with E-state index in [0.29, 0.717) is 5.92 Å². The Balaban J connectivity index is 1.37. The summed E-state index contributed by atoms with van der Waals surface area (Å²) < 4.78 is 17.2. The third kappa shape index (κ3) is 3.78. The van der Waals surface area contributed by atoms with Crippen molar-refractivity contribution in [2.45, 2.75) is 25.3 Å². The maximum atomic E-state index is 13.6. The number of fused-ring (bicyclic) bond motifs is 1. The lowest BCUT2D eigenvalue weighted by atomic mass is 9.97. The third-order valence-corrected chi connectivity index (χ3v) is 5.54. The molecule has 3 aromatic heterocycles. The number of hydrogen-bond donors (Lipinski definition) is 0. The molecule has 0 bridgehead atoms. The fourth-order valence-corrected chi connectivity index (χ4v) is 4.13. The number of rotatable bonds is 4. The van der Waals surface area contributed by atoms with Crippen molar-refractivity contribution in [3.05, 3.63) is 72.2 Å². The Bertz CT molecular complexity index is 1150. The molecule has 1 aliphatic rings. The Hall–Kier alpha value is -3.06. The molecule has 1 fully saturated rings. The minimum Gasteiger partial charge on any atom is -0.298 e. The fraction of sp³-hybridized carbons (Fsp3) is 0.318. The molecule has 4 heterocycles. The molecule has 0 radical (unpaired) electrons. The lowest BCUT2D eigenvalue weighted by Crippen LogP contribution is -2.34. The minimum absolute atomic E-state index is 0.238. The molecule has 0 unspecified atom stereocenters. The second-order valence-corrected chi connectivity index (χ2v) is 7.80. The van der Waals surface area contributed by atoms with E-state index in [2.05, 4.69) is 16.2 Å². The van der Waals surface area contributed by atoms with E-state index < -0.39 is 0 Å². The highest BCUT2D eigenvalue weighted by molar-refractivity contribution is 5.64. The molecular formula is C22H23FN6. The molecule has 0 N–H and O–H groups in total. The Morgan fingerprint density at radius 3 is 2.90 bits per heavy atom. The van der Waals surface area contributed by atoms with Crippen LogP contribution in [0.5, 0.6) is 0 Å². The summed E-state index contributed by atoms with van der Waals surface area (Å²) >= 11 is 0. The average Bonchev–Trinajstić information content (AvgIpc) is 3.33. The minimum atomic E-state index is -0.238. The van der Waals surface area contributed by atoms with Crippen molar-refractivity contribution in [2.75, 3.05) is 13.1 Å². The van der Waals surface area contributed by atoms with E-state index in [1.807, 2.05) is 46.8 Å². The lowest BCUT2D eigenvalue weighted by molar-refractivity contribution is 0.196. The van der Waals surface area contributed by atoms with Crippen molar-refractivity contribution in [3.8, 4) is 11.1 Å². The summed E-state index contributed by atoms with van der Waals surface area (Å²) in [5, 5.41) is 9.02. The molecule has 7 heteroatoms. The van der Waals surface area contributed by atoms with Crippen LogP contribution in [0.4, 0.5) is 4.39 Å². The highest BCUT2D eigenvalue weighted by atomic mass is 19.1. The van der Waals surface area contributed by atoms with Crippen molar-refractivity contribution in [1.29, 1.82) is 0 Å². The number of piperidine rings is 1. The summed E-state index contributed by atoms with van der Waals surface area (Å²) in [7, 11) is 1.95. The molecule has 1 saturated heterocycles. The van der Waals surface area contributed by atoms with Gasteiger partial charge in [0.1, 0.15) is 5.82 Å². The summed E-state index contributed by atoms with van der Waals surface area (Å²) in [4.78, 5) is 7.22. The van der Waals surface area contributed by atoms with E-state index in [-0.39, 0.29) is 5.82 Å². The molecule has 0 amide bonds. The van der Waals surface area contributed by atoms with Gasteiger partial charge in [-0.25, -0.2) is 13.9 Å². The number of benzene rings is 1. The molecule has 1 atom stereocenters. The second kappa shape index (κ2) is 7.40. The van der Waals surface area contributed by atoms with E-state index in [9.17, 15) is 4.39 Å². The number of aromatic nitrogens is 5. The van der Waals surface area contributed by atoms with Gasteiger partial charge in [-0.1, -0.05) is 12.1 Å². The molecule has 1 aromatic carbocycles. The zero-order valence-corrected chi connectivity index (χ0v) is 16.4. The molecular weight excluding hydrogens is 367 g/mol. The summed E-state index contributed by atoms with van der Waals surface area (Å²) in [6.07, 6.45) is 8.16. The van der Waals surface area contributed by atoms with E-state index in [4.69, 9.17) is 10.1 Å². The Labute approximate surface area is 168 Å². The maximum Gasteiger partial charge on any atom is 0.156 e. The SMILES string of the molecule is Cn1cc(CN2CCC[C@@H](c3nc4ccc(-c5cccc(F)c5)cn4n3)C2)cn1. The number of halogens is 1. The van der Waals surface area contributed by atoms with Crippen molar-refractivity contribution in [2.24, 2.45) is 7.05 Å². The van der Waals surface area contributed by atoms with Gasteiger partial charge in [-0.3, -0.25) is 9.58 Å². The van der Waals surface area contributed by atoms with Gasteiger partial charge in [-0.05, 0) is 49.2 Å². The van der Waals surface area contributed by atoms with Crippen molar-refractivity contribution in [1.82, 2.24) is 29.3 Å². The normalized spacial score (nSPS) is 17.8. The molecule has 6 nitrogen and oxygen atoms in total. The quantitative estimate of drug-likeness (QED) is 0.534. The van der Waals surface area contributed by atoms with Crippen LogP contribution in [0.1, 0.15) is 30.1 Å². The molecule has 0 saturated carbocycles. The number of pyridine rings is 1. The summed E-state index contributed by atoms with van der Waals surface area (Å²) in [5.74, 6) is 0.966. The van der Waals surface area contributed by atoms with Gasteiger partial charge < -0.3 is 0 Å². The van der Waals surface area contributed by atoms with Crippen LogP contribution in [0.3, 0.4) is 0 Å². The van der Waals surface area contributed by atoms with E-state index in [1.165, 1.54) is 17.7 Å². The second-order valence-electron chi connectivity index (χ2n) is 7.80. The number of hydrogen-bond acceptors (Lipinski definition) is 4. The number of nitrogens with zero attached hydrogens (tertiary/aromatic N) is 6. The van der Waals surface area contributed by atoms with Gasteiger partial charge in [0, 0.05) is 49.6 Å². The summed E-state index contributed by atoms with van der Waals surface area (Å²) in [5.41, 5.74) is 3.82. The van der Waals surface area contributed by atoms with Gasteiger partial charge >= 0.3 is 0 Å². The molecule has 4 aromatic rings. The highest BCUT2D eigenvalue weighted by Gasteiger charge is 2.25. The van der Waals surface area contributed by atoms with E-state index in [1.54, 1.807) is 6.07 Å². The zero-order valence-electron chi connectivity index (χ0n) is 16.4. The lowest BCUT2D eigenvalue weighted by Gasteiger charge is -2.30. The topological polar surface area (TPSA) is 51.2 Å². The predicted molar refractivity (Wildman–Crippen MR) is 109 cm³/mol. The van der Waals surface area contributed by atoms with Crippen LogP contribution in [-0.4, -0.2) is 42.4 Å². The van der Waals surface area contributed by atoms with Gasteiger partial charge in [0.2, 0.25) is 0 Å². The van der Waals surface area contributed by atoms with Gasteiger partial charge in [0.15, 0.2) is 11.5 Å². The first-order chi connectivity index (χ1) is 14.1. The summed E-state index contributed by atoms with van der Waals surface area (Å²) in [6, 6.07) is 10.5. The van der Waals surface area contributed by atoms with Crippen LogP contribution in [-0.2, 0) is 13.6 Å². The van der Waals surface area contributed by atoms with Crippen molar-refractivity contribution < 1.29 is 4.39 Å². The first-order valence-corrected chi connectivity index (χ1v) is 9.96. The first kappa shape index (κ1) is 18.0. The standard InChI is InChI=1S/C22H23FN6/c1-27-12-16(11-24-27)13-28-9-3-5-19(14-28)22-25-21-8-7-18(15-29(21)26-22)17-4-2-6-20(23)10-17/h2,4,6-8,10-12,15,19H,3,5,9,13-14H2,1H3/t19-/m1/s1. The van der Waals surface area contributed by atoms with Crippen LogP contribution < -0.4 is 0 Å². The predicted octanol–water partition coefficient (Wildman–Crippen LogP) is 3.65. The Morgan fingerprint density at radius 1 is 1.14 bits per heavy atom. The highest BCUT2D eigenvalue weighted by Crippen LogP contribution is 2.27. The Kier molecular flexibility index (Phi) is 4.60. The maximum absolute atomic E-state index is 13.6. The summed E-state index contributed by atoms with van der Waals surface area (Å²) in [6.45, 7) is 2.94. The molecule has 5 rings (SSSR count). The Morgan fingerprint density at radius 2 is 2.07 bits per heavy atom. The molecule has 0 aliphatic carbocycles. The van der Waals surface area contributed by atoms with Crippen molar-refractivity contribution in [3.63, 3.8) is 0 Å².